The molecule has 6 nitrogen and oxygen atoms in total. The van der Waals surface area contributed by atoms with Crippen molar-refractivity contribution in [1.82, 2.24) is 10.2 Å². The van der Waals surface area contributed by atoms with Crippen LogP contribution in [-0.2, 0) is 14.3 Å². The standard InChI is InChI=1S/C20H27ClN2O4/c1-4-11-20(2,19(26)27-3)22-17(24)15-6-5-12-23(13-15)18(25)14-7-9-16(21)10-8-14/h7-10,15H,4-6,11-13H2,1-3H3,(H,22,24). The Bertz CT molecular complexity index is 692. The van der Waals surface area contributed by atoms with Crippen LogP contribution in [0.1, 0.15) is 49.9 Å². The van der Waals surface area contributed by atoms with Gasteiger partial charge in [0.2, 0.25) is 5.91 Å². The van der Waals surface area contributed by atoms with Gasteiger partial charge in [-0.15, -0.1) is 0 Å². The van der Waals surface area contributed by atoms with E-state index in [4.69, 9.17) is 16.3 Å². The van der Waals surface area contributed by atoms with Crippen LogP contribution in [0.15, 0.2) is 24.3 Å². The molecular weight excluding hydrogens is 368 g/mol. The zero-order valence-electron chi connectivity index (χ0n) is 16.1. The van der Waals surface area contributed by atoms with Crippen molar-refractivity contribution in [2.45, 2.75) is 45.1 Å². The highest BCUT2D eigenvalue weighted by Gasteiger charge is 2.38. The molecule has 2 unspecified atom stereocenters. The SMILES string of the molecule is CCCC(C)(NC(=O)C1CCCN(C(=O)c2ccc(Cl)cc2)C1)C(=O)OC. The molecule has 1 aliphatic heterocycles. The average Bonchev–Trinajstić information content (AvgIpc) is 2.67. The lowest BCUT2D eigenvalue weighted by molar-refractivity contribution is -0.151. The molecule has 2 atom stereocenters. The zero-order chi connectivity index (χ0) is 20.0. The Morgan fingerprint density at radius 3 is 2.56 bits per heavy atom. The predicted octanol–water partition coefficient (Wildman–Crippen LogP) is 3.04. The van der Waals surface area contributed by atoms with Gasteiger partial charge >= 0.3 is 5.97 Å². The second-order valence-corrected chi connectivity index (χ2v) is 7.60. The number of carbonyl (C=O) groups excluding carboxylic acids is 3. The molecular formula is C20H27ClN2O4. The number of halogens is 1. The van der Waals surface area contributed by atoms with Crippen molar-refractivity contribution in [1.29, 1.82) is 0 Å². The Balaban J connectivity index is 2.06. The van der Waals surface area contributed by atoms with Gasteiger partial charge in [0.1, 0.15) is 5.54 Å². The first-order chi connectivity index (χ1) is 12.8. The molecule has 1 aromatic carbocycles. The van der Waals surface area contributed by atoms with Crippen molar-refractivity contribution in [3.8, 4) is 0 Å². The Hall–Kier alpha value is -2.08. The predicted molar refractivity (Wildman–Crippen MR) is 104 cm³/mol. The number of methoxy groups -OCH3 is 1. The first kappa shape index (κ1) is 21.2. The molecule has 1 N–H and O–H groups in total. The van der Waals surface area contributed by atoms with E-state index >= 15 is 0 Å². The van der Waals surface area contributed by atoms with Gasteiger partial charge in [-0.1, -0.05) is 24.9 Å². The van der Waals surface area contributed by atoms with E-state index < -0.39 is 11.5 Å². The van der Waals surface area contributed by atoms with E-state index in [0.717, 1.165) is 12.8 Å². The van der Waals surface area contributed by atoms with Crippen LogP contribution in [0.4, 0.5) is 0 Å². The number of rotatable bonds is 6. The monoisotopic (exact) mass is 394 g/mol. The van der Waals surface area contributed by atoms with Crippen LogP contribution < -0.4 is 5.32 Å². The minimum absolute atomic E-state index is 0.117. The number of nitrogens with zero attached hydrogens (tertiary/aromatic N) is 1. The molecule has 7 heteroatoms. The number of hydrogen-bond acceptors (Lipinski definition) is 4. The van der Waals surface area contributed by atoms with E-state index in [1.165, 1.54) is 7.11 Å². The molecule has 1 fully saturated rings. The summed E-state index contributed by atoms with van der Waals surface area (Å²) < 4.78 is 4.85. The Morgan fingerprint density at radius 1 is 1.30 bits per heavy atom. The summed E-state index contributed by atoms with van der Waals surface area (Å²) in [6.45, 7) is 4.56. The maximum Gasteiger partial charge on any atom is 0.331 e. The van der Waals surface area contributed by atoms with Gasteiger partial charge in [0.25, 0.3) is 5.91 Å². The summed E-state index contributed by atoms with van der Waals surface area (Å²) in [4.78, 5) is 39.3. The first-order valence-corrected chi connectivity index (χ1v) is 9.63. The van der Waals surface area contributed by atoms with Crippen LogP contribution >= 0.6 is 11.6 Å². The molecule has 0 aliphatic carbocycles. The van der Waals surface area contributed by atoms with Gasteiger partial charge in [-0.25, -0.2) is 4.79 Å². The summed E-state index contributed by atoms with van der Waals surface area (Å²) in [6.07, 6.45) is 2.64. The van der Waals surface area contributed by atoms with Gasteiger partial charge in [0.05, 0.1) is 13.0 Å². The van der Waals surface area contributed by atoms with Gasteiger partial charge in [-0.2, -0.15) is 0 Å². The van der Waals surface area contributed by atoms with Crippen molar-refractivity contribution in [2.75, 3.05) is 20.2 Å². The molecule has 0 bridgehead atoms. The zero-order valence-corrected chi connectivity index (χ0v) is 16.8. The lowest BCUT2D eigenvalue weighted by Crippen LogP contribution is -2.56. The van der Waals surface area contributed by atoms with Gasteiger partial charge < -0.3 is 15.0 Å². The molecule has 1 heterocycles. The smallest absolute Gasteiger partial charge is 0.331 e. The summed E-state index contributed by atoms with van der Waals surface area (Å²) in [5.41, 5.74) is -0.505. The second kappa shape index (κ2) is 9.22. The third-order valence-electron chi connectivity index (χ3n) is 4.96. The fraction of sp³-hybridized carbons (Fsp3) is 0.550. The fourth-order valence-electron chi connectivity index (χ4n) is 3.47. The van der Waals surface area contributed by atoms with Gasteiger partial charge in [0, 0.05) is 23.7 Å². The molecule has 0 aromatic heterocycles. The summed E-state index contributed by atoms with van der Waals surface area (Å²) >= 11 is 5.88. The van der Waals surface area contributed by atoms with Crippen molar-refractivity contribution >= 4 is 29.4 Å². The van der Waals surface area contributed by atoms with Gasteiger partial charge in [-0.3, -0.25) is 9.59 Å². The van der Waals surface area contributed by atoms with E-state index in [1.807, 2.05) is 6.92 Å². The van der Waals surface area contributed by atoms with Crippen molar-refractivity contribution in [2.24, 2.45) is 5.92 Å². The Labute approximate surface area is 165 Å². The van der Waals surface area contributed by atoms with E-state index in [0.29, 0.717) is 36.5 Å². The summed E-state index contributed by atoms with van der Waals surface area (Å²) in [5, 5.41) is 3.42. The molecule has 1 aromatic rings. The average molecular weight is 395 g/mol. The van der Waals surface area contributed by atoms with Crippen LogP contribution in [0.2, 0.25) is 5.02 Å². The van der Waals surface area contributed by atoms with Crippen molar-refractivity contribution < 1.29 is 19.1 Å². The molecule has 0 saturated carbocycles. The minimum atomic E-state index is -1.05. The Kier molecular flexibility index (Phi) is 7.25. The second-order valence-electron chi connectivity index (χ2n) is 7.16. The molecule has 1 aliphatic rings. The van der Waals surface area contributed by atoms with Gasteiger partial charge in [0.15, 0.2) is 0 Å². The third kappa shape index (κ3) is 5.22. The molecule has 2 amide bonds. The quantitative estimate of drug-likeness (QED) is 0.752. The van der Waals surface area contributed by atoms with Crippen LogP contribution in [0.25, 0.3) is 0 Å². The Morgan fingerprint density at radius 2 is 1.96 bits per heavy atom. The number of benzene rings is 1. The van der Waals surface area contributed by atoms with Crippen LogP contribution in [-0.4, -0.2) is 48.4 Å². The number of piperidine rings is 1. The van der Waals surface area contributed by atoms with E-state index in [9.17, 15) is 14.4 Å². The molecule has 2 rings (SSSR count). The lowest BCUT2D eigenvalue weighted by atomic mass is 9.92. The first-order valence-electron chi connectivity index (χ1n) is 9.26. The lowest BCUT2D eigenvalue weighted by Gasteiger charge is -2.35. The normalized spacial score (nSPS) is 19.1. The van der Waals surface area contributed by atoms with Crippen molar-refractivity contribution in [3.05, 3.63) is 34.9 Å². The fourth-order valence-corrected chi connectivity index (χ4v) is 3.59. The highest BCUT2D eigenvalue weighted by molar-refractivity contribution is 6.30. The largest absolute Gasteiger partial charge is 0.467 e. The summed E-state index contributed by atoms with van der Waals surface area (Å²) in [5.74, 6) is -1.14. The topological polar surface area (TPSA) is 75.7 Å². The number of ether oxygens (including phenoxy) is 1. The number of esters is 1. The van der Waals surface area contributed by atoms with E-state index in [-0.39, 0.29) is 17.7 Å². The maximum atomic E-state index is 12.8. The van der Waals surface area contributed by atoms with Gasteiger partial charge in [-0.05, 0) is 50.5 Å². The molecule has 1 saturated heterocycles. The molecule has 0 radical (unpaired) electrons. The molecule has 148 valence electrons. The van der Waals surface area contributed by atoms with Crippen LogP contribution in [0, 0.1) is 5.92 Å². The maximum absolute atomic E-state index is 12.8. The number of likely N-dealkylation sites (tertiary alicyclic amines) is 1. The summed E-state index contributed by atoms with van der Waals surface area (Å²) in [6, 6.07) is 6.72. The number of carbonyl (C=O) groups is 3. The summed E-state index contributed by atoms with van der Waals surface area (Å²) in [7, 11) is 1.32. The third-order valence-corrected chi connectivity index (χ3v) is 5.21. The van der Waals surface area contributed by atoms with Crippen LogP contribution in [0.5, 0.6) is 0 Å². The van der Waals surface area contributed by atoms with E-state index in [2.05, 4.69) is 5.32 Å². The van der Waals surface area contributed by atoms with E-state index in [1.54, 1.807) is 36.1 Å². The highest BCUT2D eigenvalue weighted by atomic mass is 35.5. The minimum Gasteiger partial charge on any atom is -0.467 e. The number of hydrogen-bond donors (Lipinski definition) is 1. The number of nitrogens with one attached hydrogen (secondary N) is 1. The van der Waals surface area contributed by atoms with Crippen molar-refractivity contribution in [3.63, 3.8) is 0 Å². The highest BCUT2D eigenvalue weighted by Crippen LogP contribution is 2.22. The van der Waals surface area contributed by atoms with Crippen LogP contribution in [0.3, 0.4) is 0 Å². The molecule has 0 spiro atoms. The number of amides is 2. The molecule has 27 heavy (non-hydrogen) atoms.